The average Bonchev–Trinajstić information content (AvgIpc) is 2.46. The Balaban J connectivity index is 2.35. The smallest absolute Gasteiger partial charge is 0.258 e. The molecule has 0 aliphatic carbocycles. The lowest BCUT2D eigenvalue weighted by Gasteiger charge is -2.21. The summed E-state index contributed by atoms with van der Waals surface area (Å²) in [5, 5.41) is 0. The van der Waals surface area contributed by atoms with Gasteiger partial charge in [0.25, 0.3) is 5.91 Å². The van der Waals surface area contributed by atoms with Crippen molar-refractivity contribution in [2.45, 2.75) is 6.92 Å². The lowest BCUT2D eigenvalue weighted by atomic mass is 10.1. The number of carbonyl (C=O) groups is 2. The van der Waals surface area contributed by atoms with Crippen LogP contribution in [0.3, 0.4) is 0 Å². The van der Waals surface area contributed by atoms with Crippen molar-refractivity contribution in [1.29, 1.82) is 0 Å². The zero-order chi connectivity index (χ0) is 14.5. The fourth-order valence-corrected chi connectivity index (χ4v) is 1.90. The lowest BCUT2D eigenvalue weighted by molar-refractivity contribution is -0.116. The summed E-state index contributed by atoms with van der Waals surface area (Å²) in [6, 6.07) is 16.2. The van der Waals surface area contributed by atoms with Crippen molar-refractivity contribution in [3.05, 3.63) is 65.7 Å². The molecule has 4 nitrogen and oxygen atoms in total. The van der Waals surface area contributed by atoms with Crippen LogP contribution in [0.15, 0.2) is 54.6 Å². The Bertz CT molecular complexity index is 606. The highest BCUT2D eigenvalue weighted by atomic mass is 16.2. The molecule has 0 atom stereocenters. The first-order chi connectivity index (χ1) is 9.58. The van der Waals surface area contributed by atoms with Gasteiger partial charge in [-0.2, -0.15) is 0 Å². The molecule has 0 radical (unpaired) electrons. The van der Waals surface area contributed by atoms with E-state index in [0.717, 1.165) is 5.56 Å². The fourth-order valence-electron chi connectivity index (χ4n) is 1.90. The van der Waals surface area contributed by atoms with Gasteiger partial charge < -0.3 is 5.73 Å². The van der Waals surface area contributed by atoms with Crippen LogP contribution in [-0.2, 0) is 4.79 Å². The summed E-state index contributed by atoms with van der Waals surface area (Å²) in [7, 11) is 0. The average molecular weight is 268 g/mol. The Hall–Kier alpha value is -2.62. The monoisotopic (exact) mass is 268 g/mol. The fraction of sp³-hybridized carbons (Fsp3) is 0.125. The number of benzene rings is 2. The van der Waals surface area contributed by atoms with Crippen molar-refractivity contribution in [3.63, 3.8) is 0 Å². The molecule has 0 saturated carbocycles. The second-order valence-corrected chi connectivity index (χ2v) is 4.56. The van der Waals surface area contributed by atoms with Gasteiger partial charge in [-0.25, -0.2) is 0 Å². The largest absolute Gasteiger partial charge is 0.368 e. The number of nitrogens with two attached hydrogens (primary N) is 1. The number of anilines is 1. The first kappa shape index (κ1) is 13.8. The maximum absolute atomic E-state index is 12.5. The zero-order valence-corrected chi connectivity index (χ0v) is 11.2. The summed E-state index contributed by atoms with van der Waals surface area (Å²) in [6.45, 7) is 1.82. The second-order valence-electron chi connectivity index (χ2n) is 4.56. The van der Waals surface area contributed by atoms with E-state index in [1.807, 2.05) is 25.1 Å². The highest BCUT2D eigenvalue weighted by molar-refractivity contribution is 6.08. The summed E-state index contributed by atoms with van der Waals surface area (Å²) in [4.78, 5) is 25.1. The minimum absolute atomic E-state index is 0.142. The number of hydrogen-bond acceptors (Lipinski definition) is 2. The third-order valence-electron chi connectivity index (χ3n) is 2.93. The van der Waals surface area contributed by atoms with Gasteiger partial charge in [0.05, 0.1) is 0 Å². The van der Waals surface area contributed by atoms with E-state index in [0.29, 0.717) is 11.3 Å². The number of rotatable bonds is 4. The van der Waals surface area contributed by atoms with E-state index >= 15 is 0 Å². The minimum atomic E-state index is -0.546. The van der Waals surface area contributed by atoms with Gasteiger partial charge in [0.15, 0.2) is 0 Å². The number of aryl methyl sites for hydroxylation is 1. The van der Waals surface area contributed by atoms with Crippen LogP contribution in [0.4, 0.5) is 5.69 Å². The molecule has 0 fully saturated rings. The zero-order valence-electron chi connectivity index (χ0n) is 11.2. The quantitative estimate of drug-likeness (QED) is 0.923. The molecule has 2 rings (SSSR count). The van der Waals surface area contributed by atoms with Crippen LogP contribution in [0.5, 0.6) is 0 Å². The molecule has 102 valence electrons. The van der Waals surface area contributed by atoms with Crippen LogP contribution in [0.1, 0.15) is 15.9 Å². The van der Waals surface area contributed by atoms with Gasteiger partial charge in [-0.3, -0.25) is 14.5 Å². The molecule has 2 N–H and O–H groups in total. The van der Waals surface area contributed by atoms with Gasteiger partial charge in [0, 0.05) is 11.3 Å². The van der Waals surface area contributed by atoms with E-state index in [1.165, 1.54) is 4.90 Å². The van der Waals surface area contributed by atoms with E-state index in [1.54, 1.807) is 36.4 Å². The number of nitrogens with zero attached hydrogens (tertiary/aromatic N) is 1. The Labute approximate surface area is 117 Å². The molecular formula is C16H16N2O2. The van der Waals surface area contributed by atoms with E-state index in [4.69, 9.17) is 5.73 Å². The van der Waals surface area contributed by atoms with E-state index in [9.17, 15) is 9.59 Å². The van der Waals surface area contributed by atoms with Crippen LogP contribution >= 0.6 is 0 Å². The van der Waals surface area contributed by atoms with Crippen LogP contribution in [0.2, 0.25) is 0 Å². The van der Waals surface area contributed by atoms with Crippen molar-refractivity contribution in [2.75, 3.05) is 11.4 Å². The predicted molar refractivity (Wildman–Crippen MR) is 78.5 cm³/mol. The third-order valence-corrected chi connectivity index (χ3v) is 2.93. The van der Waals surface area contributed by atoms with Crippen LogP contribution in [0.25, 0.3) is 0 Å². The molecule has 0 aromatic heterocycles. The molecule has 20 heavy (non-hydrogen) atoms. The number of primary amides is 1. The molecule has 4 heteroatoms. The normalized spacial score (nSPS) is 10.1. The maximum atomic E-state index is 12.5. The number of amides is 2. The highest BCUT2D eigenvalue weighted by Gasteiger charge is 2.19. The van der Waals surface area contributed by atoms with Crippen molar-refractivity contribution in [2.24, 2.45) is 5.73 Å². The Kier molecular flexibility index (Phi) is 4.15. The molecule has 0 bridgehead atoms. The van der Waals surface area contributed by atoms with Crippen LogP contribution in [-0.4, -0.2) is 18.4 Å². The first-order valence-corrected chi connectivity index (χ1v) is 6.30. The van der Waals surface area contributed by atoms with Crippen molar-refractivity contribution in [3.8, 4) is 0 Å². The molecule has 2 aromatic carbocycles. The molecule has 0 aliphatic rings. The highest BCUT2D eigenvalue weighted by Crippen LogP contribution is 2.17. The summed E-state index contributed by atoms with van der Waals surface area (Å²) in [5.41, 5.74) is 7.51. The van der Waals surface area contributed by atoms with E-state index in [-0.39, 0.29) is 12.5 Å². The summed E-state index contributed by atoms with van der Waals surface area (Å²) in [6.07, 6.45) is 0. The lowest BCUT2D eigenvalue weighted by Crippen LogP contribution is -2.38. The standard InChI is InChI=1S/C16H16N2O2/c1-12-7-9-14(10-8-12)18(11-15(17)19)16(20)13-5-3-2-4-6-13/h2-10H,11H2,1H3,(H2,17,19). The predicted octanol–water partition coefficient (Wildman–Crippen LogP) is 2.13. The minimum Gasteiger partial charge on any atom is -0.368 e. The van der Waals surface area contributed by atoms with Gasteiger partial charge >= 0.3 is 0 Å². The van der Waals surface area contributed by atoms with Gasteiger partial charge in [-0.15, -0.1) is 0 Å². The molecule has 2 aromatic rings. The summed E-state index contributed by atoms with van der Waals surface area (Å²) in [5.74, 6) is -0.789. The van der Waals surface area contributed by atoms with E-state index < -0.39 is 5.91 Å². The molecule has 0 spiro atoms. The SMILES string of the molecule is Cc1ccc(N(CC(N)=O)C(=O)c2ccccc2)cc1. The van der Waals surface area contributed by atoms with Gasteiger partial charge in [-0.1, -0.05) is 35.9 Å². The van der Waals surface area contributed by atoms with Crippen LogP contribution < -0.4 is 10.6 Å². The Morgan fingerprint density at radius 3 is 2.15 bits per heavy atom. The molecule has 0 heterocycles. The molecule has 2 amide bonds. The maximum Gasteiger partial charge on any atom is 0.258 e. The molecule has 0 unspecified atom stereocenters. The van der Waals surface area contributed by atoms with Gasteiger partial charge in [0.1, 0.15) is 6.54 Å². The van der Waals surface area contributed by atoms with Crippen LogP contribution in [0, 0.1) is 6.92 Å². The second kappa shape index (κ2) is 6.02. The number of carbonyl (C=O) groups excluding carboxylic acids is 2. The van der Waals surface area contributed by atoms with Crippen molar-refractivity contribution in [1.82, 2.24) is 0 Å². The van der Waals surface area contributed by atoms with Crippen molar-refractivity contribution >= 4 is 17.5 Å². The topological polar surface area (TPSA) is 63.4 Å². The van der Waals surface area contributed by atoms with E-state index in [2.05, 4.69) is 0 Å². The number of hydrogen-bond donors (Lipinski definition) is 1. The summed E-state index contributed by atoms with van der Waals surface area (Å²) < 4.78 is 0. The molecule has 0 saturated heterocycles. The third kappa shape index (κ3) is 3.23. The Morgan fingerprint density at radius 2 is 1.60 bits per heavy atom. The first-order valence-electron chi connectivity index (χ1n) is 6.30. The Morgan fingerprint density at radius 1 is 1.00 bits per heavy atom. The molecule has 0 aliphatic heterocycles. The van der Waals surface area contributed by atoms with Gasteiger partial charge in [-0.05, 0) is 31.2 Å². The molecular weight excluding hydrogens is 252 g/mol. The van der Waals surface area contributed by atoms with Gasteiger partial charge in [0.2, 0.25) is 5.91 Å². The van der Waals surface area contributed by atoms with Crippen molar-refractivity contribution < 1.29 is 9.59 Å². The summed E-state index contributed by atoms with van der Waals surface area (Å²) >= 11 is 0.